The second kappa shape index (κ2) is 5.76. The smallest absolute Gasteiger partial charge is 0.260 e. The monoisotopic (exact) mass is 248 g/mol. The van der Waals surface area contributed by atoms with Gasteiger partial charge in [0.05, 0.1) is 0 Å². The minimum atomic E-state index is 0.0592. The lowest BCUT2D eigenvalue weighted by Gasteiger charge is -2.30. The number of rotatable bonds is 3. The number of nitrogen functional groups attached to an aromatic ring is 1. The molecule has 1 aliphatic heterocycles. The number of amides is 1. The Hall–Kier alpha value is -1.71. The van der Waals surface area contributed by atoms with Crippen molar-refractivity contribution in [2.24, 2.45) is 5.92 Å². The van der Waals surface area contributed by atoms with Gasteiger partial charge in [0.15, 0.2) is 6.61 Å². The van der Waals surface area contributed by atoms with Crippen LogP contribution in [-0.2, 0) is 4.79 Å². The lowest BCUT2D eigenvalue weighted by molar-refractivity contribution is -0.135. The van der Waals surface area contributed by atoms with E-state index in [-0.39, 0.29) is 12.5 Å². The third kappa shape index (κ3) is 3.39. The van der Waals surface area contributed by atoms with Crippen LogP contribution in [0.1, 0.15) is 19.8 Å². The molecule has 1 aliphatic rings. The molecule has 0 saturated carbocycles. The molecule has 0 radical (unpaired) electrons. The number of likely N-dealkylation sites (tertiary alicyclic amines) is 1. The second-order valence-electron chi connectivity index (χ2n) is 4.95. The van der Waals surface area contributed by atoms with E-state index in [0.29, 0.717) is 17.4 Å². The first-order valence-corrected chi connectivity index (χ1v) is 6.41. The van der Waals surface area contributed by atoms with E-state index in [1.54, 1.807) is 12.1 Å². The molecule has 18 heavy (non-hydrogen) atoms. The number of carbonyl (C=O) groups excluding carboxylic acids is 1. The number of carbonyl (C=O) groups is 1. The highest BCUT2D eigenvalue weighted by molar-refractivity contribution is 5.77. The number of anilines is 1. The van der Waals surface area contributed by atoms with Crippen LogP contribution in [0.3, 0.4) is 0 Å². The van der Waals surface area contributed by atoms with Gasteiger partial charge < -0.3 is 15.4 Å². The van der Waals surface area contributed by atoms with E-state index in [0.717, 1.165) is 19.5 Å². The van der Waals surface area contributed by atoms with Gasteiger partial charge in [-0.3, -0.25) is 4.79 Å². The summed E-state index contributed by atoms with van der Waals surface area (Å²) in [6.07, 6.45) is 2.30. The van der Waals surface area contributed by atoms with Crippen molar-refractivity contribution in [1.29, 1.82) is 0 Å². The van der Waals surface area contributed by atoms with Crippen LogP contribution in [0.15, 0.2) is 24.3 Å². The molecule has 0 spiro atoms. The maximum Gasteiger partial charge on any atom is 0.260 e. The lowest BCUT2D eigenvalue weighted by Crippen LogP contribution is -2.41. The zero-order valence-electron chi connectivity index (χ0n) is 10.8. The molecule has 1 unspecified atom stereocenters. The average molecular weight is 248 g/mol. The molecule has 1 aromatic rings. The molecule has 1 saturated heterocycles. The molecule has 0 bridgehead atoms. The summed E-state index contributed by atoms with van der Waals surface area (Å²) in [5.74, 6) is 1.30. The molecule has 2 N–H and O–H groups in total. The number of piperidine rings is 1. The molecule has 1 atom stereocenters. The van der Waals surface area contributed by atoms with Crippen LogP contribution in [0, 0.1) is 5.92 Å². The molecule has 4 nitrogen and oxygen atoms in total. The van der Waals surface area contributed by atoms with E-state index in [4.69, 9.17) is 10.5 Å². The number of ether oxygens (including phenoxy) is 1. The Morgan fingerprint density at radius 2 is 2.39 bits per heavy atom. The minimum absolute atomic E-state index is 0.0592. The van der Waals surface area contributed by atoms with E-state index < -0.39 is 0 Å². The summed E-state index contributed by atoms with van der Waals surface area (Å²) in [5.41, 5.74) is 6.30. The Balaban J connectivity index is 1.84. The van der Waals surface area contributed by atoms with Crippen LogP contribution in [0.2, 0.25) is 0 Å². The SMILES string of the molecule is CC1CCCN(C(=O)COc2cccc(N)c2)C1. The van der Waals surface area contributed by atoms with Crippen molar-refractivity contribution in [2.75, 3.05) is 25.4 Å². The fourth-order valence-electron chi connectivity index (χ4n) is 2.26. The first-order valence-electron chi connectivity index (χ1n) is 6.41. The predicted octanol–water partition coefficient (Wildman–Crippen LogP) is 1.91. The van der Waals surface area contributed by atoms with Gasteiger partial charge in [-0.1, -0.05) is 13.0 Å². The normalized spacial score (nSPS) is 19.6. The summed E-state index contributed by atoms with van der Waals surface area (Å²) in [4.78, 5) is 13.9. The maximum atomic E-state index is 12.0. The third-order valence-corrected chi connectivity index (χ3v) is 3.23. The minimum Gasteiger partial charge on any atom is -0.484 e. The quantitative estimate of drug-likeness (QED) is 0.831. The molecule has 4 heteroatoms. The molecule has 1 heterocycles. The first kappa shape index (κ1) is 12.7. The Kier molecular flexibility index (Phi) is 4.07. The summed E-state index contributed by atoms with van der Waals surface area (Å²) in [6.45, 7) is 3.97. The van der Waals surface area contributed by atoms with Crippen molar-refractivity contribution < 1.29 is 9.53 Å². The van der Waals surface area contributed by atoms with Crippen molar-refractivity contribution in [2.45, 2.75) is 19.8 Å². The zero-order valence-corrected chi connectivity index (χ0v) is 10.8. The van der Waals surface area contributed by atoms with Gasteiger partial charge in [-0.25, -0.2) is 0 Å². The van der Waals surface area contributed by atoms with Gasteiger partial charge in [-0.2, -0.15) is 0 Å². The van der Waals surface area contributed by atoms with Crippen LogP contribution in [0.5, 0.6) is 5.75 Å². The average Bonchev–Trinajstić information content (AvgIpc) is 2.36. The largest absolute Gasteiger partial charge is 0.484 e. The molecule has 2 rings (SSSR count). The third-order valence-electron chi connectivity index (χ3n) is 3.23. The van der Waals surface area contributed by atoms with Gasteiger partial charge in [-0.05, 0) is 30.9 Å². The van der Waals surface area contributed by atoms with E-state index >= 15 is 0 Å². The van der Waals surface area contributed by atoms with E-state index in [2.05, 4.69) is 6.92 Å². The fourth-order valence-corrected chi connectivity index (χ4v) is 2.26. The van der Waals surface area contributed by atoms with E-state index in [9.17, 15) is 4.79 Å². The zero-order chi connectivity index (χ0) is 13.0. The first-order chi connectivity index (χ1) is 8.65. The van der Waals surface area contributed by atoms with Crippen LogP contribution in [0.4, 0.5) is 5.69 Å². The summed E-state index contributed by atoms with van der Waals surface area (Å²) in [5, 5.41) is 0. The van der Waals surface area contributed by atoms with Gasteiger partial charge in [0.1, 0.15) is 5.75 Å². The van der Waals surface area contributed by atoms with Gasteiger partial charge in [0, 0.05) is 24.8 Å². The van der Waals surface area contributed by atoms with Gasteiger partial charge in [-0.15, -0.1) is 0 Å². The predicted molar refractivity (Wildman–Crippen MR) is 71.3 cm³/mol. The van der Waals surface area contributed by atoms with Crippen LogP contribution in [0.25, 0.3) is 0 Å². The Morgan fingerprint density at radius 1 is 1.56 bits per heavy atom. The standard InChI is InChI=1S/C14H20N2O2/c1-11-4-3-7-16(9-11)14(17)10-18-13-6-2-5-12(15)8-13/h2,5-6,8,11H,3-4,7,9-10,15H2,1H3. The van der Waals surface area contributed by atoms with Crippen LogP contribution in [-0.4, -0.2) is 30.5 Å². The highest BCUT2D eigenvalue weighted by atomic mass is 16.5. The lowest BCUT2D eigenvalue weighted by atomic mass is 10.0. The summed E-state index contributed by atoms with van der Waals surface area (Å²) in [7, 11) is 0. The summed E-state index contributed by atoms with van der Waals surface area (Å²) < 4.78 is 5.47. The van der Waals surface area contributed by atoms with Gasteiger partial charge in [0.25, 0.3) is 5.91 Å². The van der Waals surface area contributed by atoms with Crippen molar-refractivity contribution in [1.82, 2.24) is 4.90 Å². The number of hydrogen-bond donors (Lipinski definition) is 1. The number of nitrogens with two attached hydrogens (primary N) is 1. The van der Waals surface area contributed by atoms with Crippen molar-refractivity contribution >= 4 is 11.6 Å². The van der Waals surface area contributed by atoms with Crippen molar-refractivity contribution in [3.05, 3.63) is 24.3 Å². The molecule has 1 fully saturated rings. The topological polar surface area (TPSA) is 55.6 Å². The highest BCUT2D eigenvalue weighted by Gasteiger charge is 2.20. The van der Waals surface area contributed by atoms with Gasteiger partial charge >= 0.3 is 0 Å². The molecule has 0 aromatic heterocycles. The number of hydrogen-bond acceptors (Lipinski definition) is 3. The van der Waals surface area contributed by atoms with Gasteiger partial charge in [0.2, 0.25) is 0 Å². The molecule has 1 amide bonds. The Labute approximate surface area is 108 Å². The maximum absolute atomic E-state index is 12.0. The summed E-state index contributed by atoms with van der Waals surface area (Å²) in [6, 6.07) is 7.15. The highest BCUT2D eigenvalue weighted by Crippen LogP contribution is 2.17. The number of benzene rings is 1. The fraction of sp³-hybridized carbons (Fsp3) is 0.500. The van der Waals surface area contributed by atoms with E-state index in [1.807, 2.05) is 17.0 Å². The van der Waals surface area contributed by atoms with Crippen LogP contribution >= 0.6 is 0 Å². The molecule has 0 aliphatic carbocycles. The summed E-state index contributed by atoms with van der Waals surface area (Å²) >= 11 is 0. The molecular formula is C14H20N2O2. The Bertz CT molecular complexity index is 420. The number of nitrogens with zero attached hydrogens (tertiary/aromatic N) is 1. The van der Waals surface area contributed by atoms with Crippen molar-refractivity contribution in [3.8, 4) is 5.75 Å². The van der Waals surface area contributed by atoms with E-state index in [1.165, 1.54) is 6.42 Å². The van der Waals surface area contributed by atoms with Crippen LogP contribution < -0.4 is 10.5 Å². The Morgan fingerprint density at radius 3 is 3.11 bits per heavy atom. The molecular weight excluding hydrogens is 228 g/mol. The second-order valence-corrected chi connectivity index (χ2v) is 4.95. The molecule has 1 aromatic carbocycles. The van der Waals surface area contributed by atoms with Crippen molar-refractivity contribution in [3.63, 3.8) is 0 Å². The molecule has 98 valence electrons.